The van der Waals surface area contributed by atoms with Gasteiger partial charge in [0.25, 0.3) is 5.91 Å². The minimum Gasteiger partial charge on any atom is -0.331 e. The van der Waals surface area contributed by atoms with Crippen LogP contribution in [0.3, 0.4) is 0 Å². The molecular weight excluding hydrogens is 408 g/mol. The average molecular weight is 417 g/mol. The van der Waals surface area contributed by atoms with E-state index in [4.69, 9.17) is 34.8 Å². The summed E-state index contributed by atoms with van der Waals surface area (Å²) < 4.78 is 35.9. The molecule has 0 fully saturated rings. The Kier molecular flexibility index (Phi) is 5.58. The zero-order valence-corrected chi connectivity index (χ0v) is 15.1. The summed E-state index contributed by atoms with van der Waals surface area (Å²) in [5.41, 5.74) is 0. The normalized spacial score (nSPS) is 13.6. The van der Waals surface area contributed by atoms with E-state index in [1.165, 1.54) is 6.07 Å². The number of carbonyl (C=O) groups excluding carboxylic acids is 1. The molecule has 2 aromatic rings. The first kappa shape index (κ1) is 18.5. The third kappa shape index (κ3) is 4.36. The van der Waals surface area contributed by atoms with Gasteiger partial charge in [0.1, 0.15) is 5.82 Å². The number of carbonyl (C=O) groups is 1. The molecule has 0 saturated heterocycles. The Hall–Kier alpha value is -0.860. The quantitative estimate of drug-likeness (QED) is 0.609. The summed E-state index contributed by atoms with van der Waals surface area (Å²) in [7, 11) is -4.25. The van der Waals surface area contributed by atoms with Crippen LogP contribution in [-0.2, 0) is 9.84 Å². The molecule has 0 aliphatic rings. The van der Waals surface area contributed by atoms with Crippen molar-refractivity contribution in [3.8, 4) is 0 Å². The van der Waals surface area contributed by atoms with E-state index in [0.717, 1.165) is 35.6 Å². The standard InChI is InChI=1S/C13H9Cl3FNO3S2/c14-13(15,16)12(18-11(19)10-2-1-7-22-10)23(20,21)9-5-3-8(17)4-6-9/h1-7,12H,(H,18,19). The van der Waals surface area contributed by atoms with E-state index in [1.807, 2.05) is 0 Å². The van der Waals surface area contributed by atoms with E-state index >= 15 is 0 Å². The topological polar surface area (TPSA) is 63.2 Å². The van der Waals surface area contributed by atoms with Crippen LogP contribution in [-0.4, -0.2) is 23.5 Å². The molecule has 1 N–H and O–H groups in total. The molecule has 1 aromatic carbocycles. The van der Waals surface area contributed by atoms with Gasteiger partial charge in [-0.1, -0.05) is 40.9 Å². The van der Waals surface area contributed by atoms with Crippen LogP contribution in [0.15, 0.2) is 46.7 Å². The maximum atomic E-state index is 13.0. The lowest BCUT2D eigenvalue weighted by Gasteiger charge is -2.25. The van der Waals surface area contributed by atoms with Crippen LogP contribution in [0.2, 0.25) is 0 Å². The van der Waals surface area contributed by atoms with Crippen LogP contribution < -0.4 is 5.32 Å². The smallest absolute Gasteiger partial charge is 0.262 e. The molecular formula is C13H9Cl3FNO3S2. The molecule has 0 radical (unpaired) electrons. The first-order valence-corrected chi connectivity index (χ1v) is 9.59. The number of rotatable bonds is 4. The predicted molar refractivity (Wildman–Crippen MR) is 89.4 cm³/mol. The van der Waals surface area contributed by atoms with Crippen LogP contribution in [0, 0.1) is 5.82 Å². The molecule has 23 heavy (non-hydrogen) atoms. The first-order valence-electron chi connectivity index (χ1n) is 6.03. The zero-order chi connectivity index (χ0) is 17.3. The van der Waals surface area contributed by atoms with Gasteiger partial charge >= 0.3 is 0 Å². The molecule has 1 atom stereocenters. The third-order valence-electron chi connectivity index (χ3n) is 2.76. The fourth-order valence-electron chi connectivity index (χ4n) is 1.69. The van der Waals surface area contributed by atoms with Gasteiger partial charge in [0.15, 0.2) is 5.37 Å². The summed E-state index contributed by atoms with van der Waals surface area (Å²) in [6.07, 6.45) is 0. The number of amides is 1. The van der Waals surface area contributed by atoms with Crippen molar-refractivity contribution in [2.24, 2.45) is 0 Å². The van der Waals surface area contributed by atoms with Crippen molar-refractivity contribution in [3.63, 3.8) is 0 Å². The molecule has 1 amide bonds. The second-order valence-corrected chi connectivity index (χ2v) is 9.72. The predicted octanol–water partition coefficient (Wildman–Crippen LogP) is 3.79. The summed E-state index contributed by atoms with van der Waals surface area (Å²) in [6, 6.07) is 7.11. The Balaban J connectivity index is 2.38. The van der Waals surface area contributed by atoms with Crippen molar-refractivity contribution in [1.82, 2.24) is 5.32 Å². The van der Waals surface area contributed by atoms with Crippen molar-refractivity contribution in [2.75, 3.05) is 0 Å². The van der Waals surface area contributed by atoms with Crippen molar-refractivity contribution < 1.29 is 17.6 Å². The molecule has 4 nitrogen and oxygen atoms in total. The third-order valence-corrected chi connectivity index (χ3v) is 6.69. The fourth-order valence-corrected chi connectivity index (χ4v) is 4.94. The molecule has 0 bridgehead atoms. The molecule has 0 saturated carbocycles. The highest BCUT2D eigenvalue weighted by Gasteiger charge is 2.44. The average Bonchev–Trinajstić information content (AvgIpc) is 2.97. The number of hydrogen-bond acceptors (Lipinski definition) is 4. The van der Waals surface area contributed by atoms with Gasteiger partial charge in [0.05, 0.1) is 9.77 Å². The molecule has 1 unspecified atom stereocenters. The molecule has 0 spiro atoms. The number of nitrogens with one attached hydrogen (secondary N) is 1. The van der Waals surface area contributed by atoms with Gasteiger partial charge in [-0.3, -0.25) is 4.79 Å². The highest BCUT2D eigenvalue weighted by Crippen LogP contribution is 2.36. The SMILES string of the molecule is O=C(NC(C(Cl)(Cl)Cl)S(=O)(=O)c1ccc(F)cc1)c1cccs1. The van der Waals surface area contributed by atoms with Crippen molar-refractivity contribution in [3.05, 3.63) is 52.5 Å². The lowest BCUT2D eigenvalue weighted by atomic mass is 10.4. The Morgan fingerprint density at radius 3 is 2.26 bits per heavy atom. The maximum absolute atomic E-state index is 13.0. The Bertz CT molecular complexity index is 787. The van der Waals surface area contributed by atoms with E-state index in [0.29, 0.717) is 0 Å². The number of hydrogen-bond donors (Lipinski definition) is 1. The number of thiophene rings is 1. The molecule has 2 rings (SSSR count). The molecule has 1 heterocycles. The molecule has 0 aliphatic carbocycles. The lowest BCUT2D eigenvalue weighted by Crippen LogP contribution is -2.49. The van der Waals surface area contributed by atoms with Gasteiger partial charge in [0, 0.05) is 0 Å². The Labute approximate surface area is 151 Å². The fraction of sp³-hybridized carbons (Fsp3) is 0.154. The van der Waals surface area contributed by atoms with Gasteiger partial charge in [-0.15, -0.1) is 11.3 Å². The number of benzene rings is 1. The number of alkyl halides is 3. The largest absolute Gasteiger partial charge is 0.331 e. The second kappa shape index (κ2) is 6.94. The van der Waals surface area contributed by atoms with Gasteiger partial charge in [-0.25, -0.2) is 12.8 Å². The van der Waals surface area contributed by atoms with Crippen LogP contribution in [0.5, 0.6) is 0 Å². The molecule has 124 valence electrons. The summed E-state index contributed by atoms with van der Waals surface area (Å²) in [5, 5.41) is 2.02. The number of halogens is 4. The number of sulfone groups is 1. The highest BCUT2D eigenvalue weighted by atomic mass is 35.6. The van der Waals surface area contributed by atoms with Crippen LogP contribution in [0.1, 0.15) is 9.67 Å². The van der Waals surface area contributed by atoms with E-state index in [2.05, 4.69) is 5.32 Å². The summed E-state index contributed by atoms with van der Waals surface area (Å²) in [4.78, 5) is 12.1. The van der Waals surface area contributed by atoms with Crippen LogP contribution in [0.25, 0.3) is 0 Å². The van der Waals surface area contributed by atoms with Crippen LogP contribution in [0.4, 0.5) is 4.39 Å². The molecule has 1 aromatic heterocycles. The van der Waals surface area contributed by atoms with Gasteiger partial charge < -0.3 is 5.32 Å². The summed E-state index contributed by atoms with van der Waals surface area (Å²) in [6.45, 7) is 0. The molecule has 0 aliphatic heterocycles. The second-order valence-electron chi connectivity index (χ2n) is 4.37. The van der Waals surface area contributed by atoms with Gasteiger partial charge in [-0.05, 0) is 35.7 Å². The van der Waals surface area contributed by atoms with E-state index in [-0.39, 0.29) is 9.77 Å². The van der Waals surface area contributed by atoms with E-state index in [9.17, 15) is 17.6 Å². The van der Waals surface area contributed by atoms with Crippen LogP contribution >= 0.6 is 46.1 Å². The lowest BCUT2D eigenvalue weighted by molar-refractivity contribution is 0.0952. The van der Waals surface area contributed by atoms with Crippen molar-refractivity contribution in [2.45, 2.75) is 14.1 Å². The minimum absolute atomic E-state index is 0.263. The van der Waals surface area contributed by atoms with E-state index in [1.54, 1.807) is 11.4 Å². The molecule has 10 heteroatoms. The monoisotopic (exact) mass is 415 g/mol. The Morgan fingerprint density at radius 2 is 1.78 bits per heavy atom. The highest BCUT2D eigenvalue weighted by molar-refractivity contribution is 7.92. The van der Waals surface area contributed by atoms with Gasteiger partial charge in [0.2, 0.25) is 13.6 Å². The maximum Gasteiger partial charge on any atom is 0.262 e. The zero-order valence-electron chi connectivity index (χ0n) is 11.2. The van der Waals surface area contributed by atoms with Crippen molar-refractivity contribution in [1.29, 1.82) is 0 Å². The first-order chi connectivity index (χ1) is 10.6. The minimum atomic E-state index is -4.25. The Morgan fingerprint density at radius 1 is 1.17 bits per heavy atom. The van der Waals surface area contributed by atoms with E-state index < -0.39 is 30.7 Å². The summed E-state index contributed by atoms with van der Waals surface area (Å²) >= 11 is 18.3. The van der Waals surface area contributed by atoms with Gasteiger partial charge in [-0.2, -0.15) is 0 Å². The van der Waals surface area contributed by atoms with Crippen molar-refractivity contribution >= 4 is 61.9 Å². The summed E-state index contributed by atoms with van der Waals surface area (Å²) in [5.74, 6) is -1.31.